The molecule has 0 saturated carbocycles. The van der Waals surface area contributed by atoms with Gasteiger partial charge in [-0.05, 0) is 24.3 Å². The van der Waals surface area contributed by atoms with Crippen LogP contribution in [0, 0.1) is 0 Å². The zero-order chi connectivity index (χ0) is 18.6. The minimum Gasteiger partial charge on any atom is -0.480 e. The molecule has 0 aliphatic heterocycles. The SMILES string of the molecule is CC.CC.CS(N)(=O)=O.O=C(O)Cn1ccc2cc(Br)ccc21. The maximum Gasteiger partial charge on any atom is 0.323 e. The first-order valence-corrected chi connectivity index (χ1v) is 9.85. The first-order chi connectivity index (χ1) is 10.7. The summed E-state index contributed by atoms with van der Waals surface area (Å²) < 4.78 is 21.5. The molecule has 0 radical (unpaired) electrons. The van der Waals surface area contributed by atoms with Crippen LogP contribution in [0.1, 0.15) is 27.7 Å². The molecule has 0 saturated heterocycles. The fourth-order valence-corrected chi connectivity index (χ4v) is 1.83. The Morgan fingerprint density at radius 1 is 1.22 bits per heavy atom. The Balaban J connectivity index is 0. The number of aromatic nitrogens is 1. The number of halogens is 1. The average molecular weight is 409 g/mol. The summed E-state index contributed by atoms with van der Waals surface area (Å²) in [6.45, 7) is 8.01. The van der Waals surface area contributed by atoms with Gasteiger partial charge in [-0.15, -0.1) is 0 Å². The normalized spacial score (nSPS) is 9.52. The number of aliphatic carboxylic acids is 1. The molecule has 132 valence electrons. The molecule has 0 bridgehead atoms. The van der Waals surface area contributed by atoms with Crippen LogP contribution >= 0.6 is 15.9 Å². The number of fused-ring (bicyclic) bond motifs is 1. The van der Waals surface area contributed by atoms with E-state index in [0.717, 1.165) is 21.6 Å². The topological polar surface area (TPSA) is 102 Å². The van der Waals surface area contributed by atoms with E-state index in [1.807, 2.05) is 52.0 Å². The quantitative estimate of drug-likeness (QED) is 0.793. The Morgan fingerprint density at radius 3 is 2.13 bits per heavy atom. The van der Waals surface area contributed by atoms with E-state index in [1.165, 1.54) is 0 Å². The summed E-state index contributed by atoms with van der Waals surface area (Å²) in [5.41, 5.74) is 0.940. The molecule has 6 nitrogen and oxygen atoms in total. The number of nitrogens with two attached hydrogens (primary N) is 1. The number of carboxylic acid groups (broad SMARTS) is 1. The van der Waals surface area contributed by atoms with Gasteiger partial charge in [0, 0.05) is 21.6 Å². The van der Waals surface area contributed by atoms with Crippen LogP contribution in [-0.4, -0.2) is 30.3 Å². The Morgan fingerprint density at radius 2 is 1.70 bits per heavy atom. The van der Waals surface area contributed by atoms with Gasteiger partial charge in [-0.3, -0.25) is 4.79 Å². The van der Waals surface area contributed by atoms with E-state index in [4.69, 9.17) is 5.11 Å². The smallest absolute Gasteiger partial charge is 0.323 e. The van der Waals surface area contributed by atoms with Gasteiger partial charge in [0.1, 0.15) is 6.54 Å². The molecular formula is C15H25BrN2O4S. The fourth-order valence-electron chi connectivity index (χ4n) is 1.45. The lowest BCUT2D eigenvalue weighted by Gasteiger charge is -2.00. The van der Waals surface area contributed by atoms with E-state index >= 15 is 0 Å². The lowest BCUT2D eigenvalue weighted by atomic mass is 10.2. The minimum absolute atomic E-state index is 0.00509. The number of nitrogens with zero attached hydrogens (tertiary/aromatic N) is 1. The van der Waals surface area contributed by atoms with Gasteiger partial charge in [0.25, 0.3) is 0 Å². The molecule has 23 heavy (non-hydrogen) atoms. The van der Waals surface area contributed by atoms with E-state index in [9.17, 15) is 13.2 Å². The van der Waals surface area contributed by atoms with Crippen molar-refractivity contribution in [2.75, 3.05) is 6.26 Å². The third kappa shape index (κ3) is 11.8. The van der Waals surface area contributed by atoms with Crippen LogP contribution in [0.25, 0.3) is 10.9 Å². The summed E-state index contributed by atoms with van der Waals surface area (Å²) in [7, 11) is -3.17. The van der Waals surface area contributed by atoms with Crippen molar-refractivity contribution in [1.29, 1.82) is 0 Å². The molecule has 2 rings (SSSR count). The molecule has 0 amide bonds. The summed E-state index contributed by atoms with van der Waals surface area (Å²) in [5, 5.41) is 14.0. The first kappa shape index (κ1) is 23.9. The van der Waals surface area contributed by atoms with Gasteiger partial charge < -0.3 is 9.67 Å². The van der Waals surface area contributed by atoms with Crippen molar-refractivity contribution >= 4 is 42.8 Å². The second-order valence-corrected chi connectivity index (χ2v) is 6.44. The maximum absolute atomic E-state index is 10.5. The summed E-state index contributed by atoms with van der Waals surface area (Å²) in [6.07, 6.45) is 2.72. The highest BCUT2D eigenvalue weighted by atomic mass is 79.9. The number of carboxylic acids is 1. The Labute approximate surface area is 146 Å². The fraction of sp³-hybridized carbons (Fsp3) is 0.400. The number of sulfonamides is 1. The number of hydrogen-bond donors (Lipinski definition) is 2. The maximum atomic E-state index is 10.5. The Bertz CT molecular complexity index is 689. The van der Waals surface area contributed by atoms with Crippen LogP contribution in [0.4, 0.5) is 0 Å². The molecule has 0 unspecified atom stereocenters. The van der Waals surface area contributed by atoms with Crippen molar-refractivity contribution in [3.63, 3.8) is 0 Å². The molecule has 0 fully saturated rings. The van der Waals surface area contributed by atoms with Crippen molar-refractivity contribution in [2.24, 2.45) is 5.14 Å². The van der Waals surface area contributed by atoms with Gasteiger partial charge in [-0.1, -0.05) is 43.6 Å². The summed E-state index contributed by atoms with van der Waals surface area (Å²) in [6, 6.07) is 7.68. The van der Waals surface area contributed by atoms with Crippen molar-refractivity contribution in [3.8, 4) is 0 Å². The van der Waals surface area contributed by atoms with Gasteiger partial charge in [-0.25, -0.2) is 13.6 Å². The van der Waals surface area contributed by atoms with Crippen LogP contribution in [0.15, 0.2) is 34.9 Å². The third-order valence-corrected chi connectivity index (χ3v) is 2.53. The van der Waals surface area contributed by atoms with Crippen molar-refractivity contribution in [3.05, 3.63) is 34.9 Å². The lowest BCUT2D eigenvalue weighted by Crippen LogP contribution is -2.07. The number of rotatable bonds is 2. The molecule has 1 aromatic heterocycles. The van der Waals surface area contributed by atoms with Crippen molar-refractivity contribution in [2.45, 2.75) is 34.2 Å². The van der Waals surface area contributed by atoms with Crippen LogP contribution in [0.2, 0.25) is 0 Å². The second kappa shape index (κ2) is 12.1. The number of benzene rings is 1. The highest BCUT2D eigenvalue weighted by molar-refractivity contribution is 9.10. The summed E-state index contributed by atoms with van der Waals surface area (Å²) in [5.74, 6) is -0.828. The highest BCUT2D eigenvalue weighted by Crippen LogP contribution is 2.20. The largest absolute Gasteiger partial charge is 0.480 e. The minimum atomic E-state index is -3.17. The molecule has 1 heterocycles. The van der Waals surface area contributed by atoms with Crippen LogP contribution in [0.5, 0.6) is 0 Å². The van der Waals surface area contributed by atoms with E-state index in [0.29, 0.717) is 0 Å². The van der Waals surface area contributed by atoms with Crippen molar-refractivity contribution < 1.29 is 18.3 Å². The third-order valence-electron chi connectivity index (χ3n) is 2.04. The molecule has 0 atom stereocenters. The van der Waals surface area contributed by atoms with Crippen LogP contribution < -0.4 is 5.14 Å². The average Bonchev–Trinajstić information content (AvgIpc) is 2.83. The van der Waals surface area contributed by atoms with Crippen molar-refractivity contribution in [1.82, 2.24) is 4.57 Å². The van der Waals surface area contributed by atoms with E-state index in [2.05, 4.69) is 21.1 Å². The van der Waals surface area contributed by atoms with E-state index < -0.39 is 16.0 Å². The van der Waals surface area contributed by atoms with E-state index in [-0.39, 0.29) is 6.54 Å². The number of primary sulfonamides is 1. The number of carbonyl (C=O) groups is 1. The van der Waals surface area contributed by atoms with Crippen LogP contribution in [0.3, 0.4) is 0 Å². The standard InChI is InChI=1S/C10H8BrNO2.2C2H6.CH5NO2S/c11-8-1-2-9-7(5-8)3-4-12(9)6-10(13)14;2*1-2;1-5(2,3)4/h1-5H,6H2,(H,13,14);2*1-2H3;1H3,(H2,2,3,4). The zero-order valence-electron chi connectivity index (χ0n) is 14.1. The van der Waals surface area contributed by atoms with Gasteiger partial charge in [0.05, 0.1) is 6.26 Å². The number of hydrogen-bond acceptors (Lipinski definition) is 3. The Kier molecular flexibility index (Phi) is 12.6. The molecule has 0 aliphatic carbocycles. The van der Waals surface area contributed by atoms with Crippen LogP contribution in [-0.2, 0) is 21.4 Å². The molecule has 3 N–H and O–H groups in total. The molecular weight excluding hydrogens is 384 g/mol. The Hall–Kier alpha value is -1.38. The summed E-state index contributed by atoms with van der Waals surface area (Å²) in [4.78, 5) is 10.5. The molecule has 8 heteroatoms. The molecule has 2 aromatic rings. The molecule has 0 aliphatic rings. The predicted octanol–water partition coefficient (Wildman–Crippen LogP) is 3.45. The monoisotopic (exact) mass is 408 g/mol. The van der Waals surface area contributed by atoms with Gasteiger partial charge >= 0.3 is 5.97 Å². The molecule has 1 aromatic carbocycles. The lowest BCUT2D eigenvalue weighted by molar-refractivity contribution is -0.137. The van der Waals surface area contributed by atoms with Gasteiger partial charge in [0.15, 0.2) is 0 Å². The van der Waals surface area contributed by atoms with Gasteiger partial charge in [0.2, 0.25) is 10.0 Å². The zero-order valence-corrected chi connectivity index (χ0v) is 16.5. The summed E-state index contributed by atoms with van der Waals surface area (Å²) >= 11 is 3.37. The van der Waals surface area contributed by atoms with Gasteiger partial charge in [-0.2, -0.15) is 0 Å². The second-order valence-electron chi connectivity index (χ2n) is 3.87. The first-order valence-electron chi connectivity index (χ1n) is 7.11. The van der Waals surface area contributed by atoms with E-state index in [1.54, 1.807) is 10.8 Å². The highest BCUT2D eigenvalue weighted by Gasteiger charge is 2.04. The predicted molar refractivity (Wildman–Crippen MR) is 99.0 cm³/mol. The molecule has 0 spiro atoms.